The van der Waals surface area contributed by atoms with Gasteiger partial charge in [0.25, 0.3) is 0 Å². The van der Waals surface area contributed by atoms with Crippen LogP contribution in [0.3, 0.4) is 0 Å². The van der Waals surface area contributed by atoms with E-state index in [-0.39, 0.29) is 6.03 Å². The van der Waals surface area contributed by atoms with E-state index in [0.29, 0.717) is 13.1 Å². The van der Waals surface area contributed by atoms with Crippen LogP contribution >= 0.6 is 11.6 Å². The number of anilines is 2. The maximum absolute atomic E-state index is 12.5. The van der Waals surface area contributed by atoms with Gasteiger partial charge in [0, 0.05) is 42.6 Å². The zero-order valence-electron chi connectivity index (χ0n) is 15.0. The number of urea groups is 1. The molecule has 0 radical (unpaired) electrons. The number of aryl methyl sites for hydroxylation is 2. The maximum atomic E-state index is 12.5. The lowest BCUT2D eigenvalue weighted by molar-refractivity contribution is 0.208. The van der Waals surface area contributed by atoms with Crippen LogP contribution in [0.5, 0.6) is 0 Å². The molecule has 1 N–H and O–H groups in total. The van der Waals surface area contributed by atoms with Crippen LogP contribution in [-0.2, 0) is 0 Å². The number of carbonyl (C=O) groups is 1. The van der Waals surface area contributed by atoms with Gasteiger partial charge in [0.05, 0.1) is 0 Å². The Morgan fingerprint density at radius 1 is 1.00 bits per heavy atom. The number of amides is 2. The van der Waals surface area contributed by atoms with E-state index in [0.717, 1.165) is 46.2 Å². The van der Waals surface area contributed by atoms with Crippen molar-refractivity contribution >= 4 is 29.0 Å². The summed E-state index contributed by atoms with van der Waals surface area (Å²) in [5, 5.41) is 3.80. The van der Waals surface area contributed by atoms with Crippen LogP contribution in [0.25, 0.3) is 0 Å². The van der Waals surface area contributed by atoms with Crippen molar-refractivity contribution in [2.75, 3.05) is 36.4 Å². The minimum atomic E-state index is -0.0348. The smallest absolute Gasteiger partial charge is 0.321 e. The second-order valence-corrected chi connectivity index (χ2v) is 7.07. The Hall–Kier alpha value is -2.20. The Balaban J connectivity index is 1.62. The van der Waals surface area contributed by atoms with Crippen molar-refractivity contribution in [3.8, 4) is 0 Å². The second kappa shape index (κ2) is 7.36. The summed E-state index contributed by atoms with van der Waals surface area (Å²) in [6.07, 6.45) is 0. The highest BCUT2D eigenvalue weighted by atomic mass is 35.5. The number of hydrogen-bond donors (Lipinski definition) is 1. The highest BCUT2D eigenvalue weighted by Crippen LogP contribution is 2.27. The summed E-state index contributed by atoms with van der Waals surface area (Å²) in [6, 6.07) is 12.0. The predicted octanol–water partition coefficient (Wildman–Crippen LogP) is 4.62. The van der Waals surface area contributed by atoms with Gasteiger partial charge in [-0.3, -0.25) is 0 Å². The van der Waals surface area contributed by atoms with Crippen LogP contribution in [0.15, 0.2) is 36.4 Å². The number of benzene rings is 2. The summed E-state index contributed by atoms with van der Waals surface area (Å²) in [6.45, 7) is 9.12. The summed E-state index contributed by atoms with van der Waals surface area (Å²) in [4.78, 5) is 16.7. The molecule has 2 aromatic carbocycles. The number of halogens is 1. The highest BCUT2D eigenvalue weighted by molar-refractivity contribution is 6.31. The molecular formula is C20H24ClN3O. The van der Waals surface area contributed by atoms with Gasteiger partial charge in [-0.2, -0.15) is 0 Å². The van der Waals surface area contributed by atoms with Gasteiger partial charge < -0.3 is 15.1 Å². The molecule has 3 rings (SSSR count). The van der Waals surface area contributed by atoms with E-state index >= 15 is 0 Å². The molecule has 0 bridgehead atoms. The summed E-state index contributed by atoms with van der Waals surface area (Å²) < 4.78 is 0. The lowest BCUT2D eigenvalue weighted by Gasteiger charge is -2.36. The zero-order valence-corrected chi connectivity index (χ0v) is 15.7. The van der Waals surface area contributed by atoms with Crippen LogP contribution in [0.1, 0.15) is 16.7 Å². The standard InChI is InChI=1S/C20H24ClN3O/c1-14-11-15(2)13-17(12-14)22-20(25)24-9-7-23(8-10-24)19-6-4-5-18(21)16(19)3/h4-6,11-13H,7-10H2,1-3H3,(H,22,25). The quantitative estimate of drug-likeness (QED) is 0.851. The SMILES string of the molecule is Cc1cc(C)cc(NC(=O)N2CCN(c3cccc(Cl)c3C)CC2)c1. The Labute approximate surface area is 154 Å². The summed E-state index contributed by atoms with van der Waals surface area (Å²) in [7, 11) is 0. The fraction of sp³-hybridized carbons (Fsp3) is 0.350. The third-order valence-electron chi connectivity index (χ3n) is 4.62. The van der Waals surface area contributed by atoms with Gasteiger partial charge in [0.2, 0.25) is 0 Å². The topological polar surface area (TPSA) is 35.6 Å². The van der Waals surface area contributed by atoms with E-state index in [2.05, 4.69) is 22.3 Å². The van der Waals surface area contributed by atoms with Crippen LogP contribution in [0.4, 0.5) is 16.2 Å². The molecule has 1 saturated heterocycles. The fourth-order valence-electron chi connectivity index (χ4n) is 3.34. The number of piperazine rings is 1. The van der Waals surface area contributed by atoms with E-state index in [1.807, 2.05) is 49.9 Å². The van der Waals surface area contributed by atoms with Crippen LogP contribution in [0, 0.1) is 20.8 Å². The molecule has 0 atom stereocenters. The molecule has 0 aromatic heterocycles. The number of hydrogen-bond acceptors (Lipinski definition) is 2. The highest BCUT2D eigenvalue weighted by Gasteiger charge is 2.22. The normalized spacial score (nSPS) is 14.6. The van der Waals surface area contributed by atoms with Crippen molar-refractivity contribution in [1.29, 1.82) is 0 Å². The van der Waals surface area contributed by atoms with E-state index in [1.54, 1.807) is 0 Å². The first-order chi connectivity index (χ1) is 11.9. The summed E-state index contributed by atoms with van der Waals surface area (Å²) in [5.41, 5.74) is 5.41. The molecule has 1 aliphatic rings. The van der Waals surface area contributed by atoms with Crippen molar-refractivity contribution in [1.82, 2.24) is 4.90 Å². The third kappa shape index (κ3) is 4.07. The van der Waals surface area contributed by atoms with Crippen molar-refractivity contribution in [3.05, 3.63) is 58.1 Å². The molecule has 2 aromatic rings. The largest absolute Gasteiger partial charge is 0.368 e. The number of carbonyl (C=O) groups excluding carboxylic acids is 1. The monoisotopic (exact) mass is 357 g/mol. The first kappa shape index (κ1) is 17.6. The Kier molecular flexibility index (Phi) is 5.19. The minimum absolute atomic E-state index is 0.0348. The average molecular weight is 358 g/mol. The minimum Gasteiger partial charge on any atom is -0.368 e. The first-order valence-corrected chi connectivity index (χ1v) is 8.96. The van der Waals surface area contributed by atoms with E-state index in [1.165, 1.54) is 0 Å². The van der Waals surface area contributed by atoms with Gasteiger partial charge in [0.15, 0.2) is 0 Å². The Morgan fingerprint density at radius 2 is 1.64 bits per heavy atom. The maximum Gasteiger partial charge on any atom is 0.321 e. The fourth-order valence-corrected chi connectivity index (χ4v) is 3.51. The first-order valence-electron chi connectivity index (χ1n) is 8.58. The molecule has 1 aliphatic heterocycles. The Bertz CT molecular complexity index is 762. The van der Waals surface area contributed by atoms with Crippen LogP contribution < -0.4 is 10.2 Å². The van der Waals surface area contributed by atoms with Gasteiger partial charge in [-0.15, -0.1) is 0 Å². The van der Waals surface area contributed by atoms with Gasteiger partial charge in [-0.05, 0) is 61.7 Å². The second-order valence-electron chi connectivity index (χ2n) is 6.66. The van der Waals surface area contributed by atoms with E-state index in [9.17, 15) is 4.79 Å². The molecule has 0 unspecified atom stereocenters. The van der Waals surface area contributed by atoms with Gasteiger partial charge in [-0.25, -0.2) is 4.79 Å². The van der Waals surface area contributed by atoms with Crippen molar-refractivity contribution in [3.63, 3.8) is 0 Å². The average Bonchev–Trinajstić information content (AvgIpc) is 2.56. The summed E-state index contributed by atoms with van der Waals surface area (Å²) in [5.74, 6) is 0. The molecule has 0 saturated carbocycles. The number of nitrogens with one attached hydrogen (secondary N) is 1. The van der Waals surface area contributed by atoms with Crippen molar-refractivity contribution in [2.45, 2.75) is 20.8 Å². The van der Waals surface area contributed by atoms with E-state index in [4.69, 9.17) is 11.6 Å². The lowest BCUT2D eigenvalue weighted by atomic mass is 10.1. The van der Waals surface area contributed by atoms with Crippen molar-refractivity contribution in [2.24, 2.45) is 0 Å². The molecule has 0 aliphatic carbocycles. The molecule has 4 nitrogen and oxygen atoms in total. The van der Waals surface area contributed by atoms with Gasteiger partial charge in [0.1, 0.15) is 0 Å². The molecule has 5 heteroatoms. The lowest BCUT2D eigenvalue weighted by Crippen LogP contribution is -2.50. The summed E-state index contributed by atoms with van der Waals surface area (Å²) >= 11 is 6.23. The van der Waals surface area contributed by atoms with E-state index < -0.39 is 0 Å². The number of rotatable bonds is 2. The van der Waals surface area contributed by atoms with Crippen LogP contribution in [-0.4, -0.2) is 37.1 Å². The molecule has 132 valence electrons. The Morgan fingerprint density at radius 3 is 2.28 bits per heavy atom. The predicted molar refractivity (Wildman–Crippen MR) is 105 cm³/mol. The molecule has 1 heterocycles. The molecular weight excluding hydrogens is 334 g/mol. The molecule has 2 amide bonds. The van der Waals surface area contributed by atoms with Crippen molar-refractivity contribution < 1.29 is 4.79 Å². The molecule has 1 fully saturated rings. The molecule has 25 heavy (non-hydrogen) atoms. The third-order valence-corrected chi connectivity index (χ3v) is 5.03. The van der Waals surface area contributed by atoms with Gasteiger partial charge in [-0.1, -0.05) is 23.7 Å². The molecule has 0 spiro atoms. The van der Waals surface area contributed by atoms with Gasteiger partial charge >= 0.3 is 6.03 Å². The number of nitrogens with zero attached hydrogens (tertiary/aromatic N) is 2. The zero-order chi connectivity index (χ0) is 18.0. The van der Waals surface area contributed by atoms with Crippen LogP contribution in [0.2, 0.25) is 5.02 Å².